The molecule has 2 aromatic rings. The summed E-state index contributed by atoms with van der Waals surface area (Å²) in [6.07, 6.45) is 0. The Morgan fingerprint density at radius 3 is 2.19 bits per heavy atom. The lowest BCUT2D eigenvalue weighted by atomic mass is 10.2. The van der Waals surface area contributed by atoms with Gasteiger partial charge in [-0.15, -0.1) is 0 Å². The average molecular weight is 439 g/mol. The van der Waals surface area contributed by atoms with E-state index in [2.05, 4.69) is 26.6 Å². The Morgan fingerprint density at radius 2 is 1.58 bits per heavy atom. The van der Waals surface area contributed by atoms with Gasteiger partial charge in [-0.25, -0.2) is 0 Å². The minimum Gasteiger partial charge on any atom is -0.325 e. The second-order valence-corrected chi connectivity index (χ2v) is 7.54. The summed E-state index contributed by atoms with van der Waals surface area (Å²) in [5.41, 5.74) is 3.31. The standard InChI is InChI=1S/C19H21BrClN3O2/c1-12-4-6-15(21)9-17(12)23-19(26)11-24(3)10-18(25)22-16-7-5-14(20)8-13(16)2/h4-9H,10-11H2,1-3H3,(H,22,25)(H,23,26). The van der Waals surface area contributed by atoms with Crippen molar-refractivity contribution in [2.24, 2.45) is 0 Å². The smallest absolute Gasteiger partial charge is 0.238 e. The summed E-state index contributed by atoms with van der Waals surface area (Å²) in [7, 11) is 1.72. The van der Waals surface area contributed by atoms with Crippen LogP contribution in [0, 0.1) is 13.8 Å². The van der Waals surface area contributed by atoms with Crippen LogP contribution in [0.4, 0.5) is 11.4 Å². The lowest BCUT2D eigenvalue weighted by Crippen LogP contribution is -2.36. The summed E-state index contributed by atoms with van der Waals surface area (Å²) in [4.78, 5) is 26.0. The monoisotopic (exact) mass is 437 g/mol. The van der Waals surface area contributed by atoms with Gasteiger partial charge in [0.25, 0.3) is 0 Å². The molecule has 0 spiro atoms. The zero-order valence-corrected chi connectivity index (χ0v) is 17.2. The molecule has 26 heavy (non-hydrogen) atoms. The Bertz CT molecular complexity index is 826. The first-order valence-electron chi connectivity index (χ1n) is 8.05. The molecule has 0 aliphatic rings. The molecule has 0 fully saturated rings. The van der Waals surface area contributed by atoms with Crippen molar-refractivity contribution >= 4 is 50.7 Å². The van der Waals surface area contributed by atoms with E-state index in [1.165, 1.54) is 0 Å². The van der Waals surface area contributed by atoms with Crippen LogP contribution >= 0.6 is 27.5 Å². The van der Waals surface area contributed by atoms with E-state index in [0.717, 1.165) is 21.3 Å². The summed E-state index contributed by atoms with van der Waals surface area (Å²) >= 11 is 9.35. The highest BCUT2D eigenvalue weighted by Gasteiger charge is 2.13. The number of carbonyl (C=O) groups excluding carboxylic acids is 2. The van der Waals surface area contributed by atoms with Gasteiger partial charge < -0.3 is 10.6 Å². The Morgan fingerprint density at radius 1 is 0.962 bits per heavy atom. The molecule has 0 saturated heterocycles. The quantitative estimate of drug-likeness (QED) is 0.709. The third-order valence-electron chi connectivity index (χ3n) is 3.76. The van der Waals surface area contributed by atoms with Gasteiger partial charge >= 0.3 is 0 Å². The summed E-state index contributed by atoms with van der Waals surface area (Å²) in [5.74, 6) is -0.379. The molecular formula is C19H21BrClN3O2. The van der Waals surface area contributed by atoms with Crippen LogP contribution < -0.4 is 10.6 Å². The van der Waals surface area contributed by atoms with Gasteiger partial charge in [-0.1, -0.05) is 33.6 Å². The predicted molar refractivity (Wildman–Crippen MR) is 110 cm³/mol. The highest BCUT2D eigenvalue weighted by molar-refractivity contribution is 9.10. The first-order valence-corrected chi connectivity index (χ1v) is 9.22. The van der Waals surface area contributed by atoms with E-state index < -0.39 is 0 Å². The number of amides is 2. The van der Waals surface area contributed by atoms with Crippen molar-refractivity contribution in [3.8, 4) is 0 Å². The summed E-state index contributed by atoms with van der Waals surface area (Å²) < 4.78 is 0.957. The topological polar surface area (TPSA) is 61.4 Å². The van der Waals surface area contributed by atoms with Gasteiger partial charge in [-0.2, -0.15) is 0 Å². The maximum absolute atomic E-state index is 12.2. The van der Waals surface area contributed by atoms with E-state index in [0.29, 0.717) is 10.7 Å². The lowest BCUT2D eigenvalue weighted by molar-refractivity contribution is -0.119. The zero-order valence-electron chi connectivity index (χ0n) is 14.9. The van der Waals surface area contributed by atoms with Crippen molar-refractivity contribution in [3.05, 3.63) is 57.0 Å². The fourth-order valence-corrected chi connectivity index (χ4v) is 3.07. The van der Waals surface area contributed by atoms with Gasteiger partial charge in [0.2, 0.25) is 11.8 Å². The average Bonchev–Trinajstić information content (AvgIpc) is 2.53. The first kappa shape index (κ1) is 20.4. The van der Waals surface area contributed by atoms with E-state index in [4.69, 9.17) is 11.6 Å². The molecule has 0 aromatic heterocycles. The highest BCUT2D eigenvalue weighted by atomic mass is 79.9. The molecule has 0 bridgehead atoms. The van der Waals surface area contributed by atoms with E-state index in [1.807, 2.05) is 38.1 Å². The zero-order chi connectivity index (χ0) is 19.3. The van der Waals surface area contributed by atoms with Crippen LogP contribution in [0.3, 0.4) is 0 Å². The molecule has 0 saturated carbocycles. The Labute approximate surface area is 166 Å². The fourth-order valence-electron chi connectivity index (χ4n) is 2.42. The first-order chi connectivity index (χ1) is 12.2. The number of likely N-dealkylation sites (N-methyl/N-ethyl adjacent to an activating group) is 1. The number of nitrogens with zero attached hydrogens (tertiary/aromatic N) is 1. The lowest BCUT2D eigenvalue weighted by Gasteiger charge is -2.17. The van der Waals surface area contributed by atoms with Gasteiger partial charge in [0.15, 0.2) is 0 Å². The van der Waals surface area contributed by atoms with Crippen LogP contribution in [-0.4, -0.2) is 36.9 Å². The summed E-state index contributed by atoms with van der Waals surface area (Å²) in [6, 6.07) is 11.0. The second-order valence-electron chi connectivity index (χ2n) is 6.19. The van der Waals surface area contributed by atoms with Crippen LogP contribution in [0.15, 0.2) is 40.9 Å². The number of rotatable bonds is 6. The predicted octanol–water partition coefficient (Wildman–Crippen LogP) is 4.23. The Balaban J connectivity index is 1.87. The van der Waals surface area contributed by atoms with Gasteiger partial charge in [0.05, 0.1) is 13.1 Å². The molecule has 2 N–H and O–H groups in total. The molecule has 0 aliphatic heterocycles. The third-order valence-corrected chi connectivity index (χ3v) is 4.49. The number of aryl methyl sites for hydroxylation is 2. The highest BCUT2D eigenvalue weighted by Crippen LogP contribution is 2.21. The molecular weight excluding hydrogens is 418 g/mol. The number of carbonyl (C=O) groups is 2. The molecule has 2 amide bonds. The van der Waals surface area contributed by atoms with Crippen LogP contribution in [0.2, 0.25) is 5.02 Å². The largest absolute Gasteiger partial charge is 0.325 e. The van der Waals surface area contributed by atoms with Crippen molar-refractivity contribution in [1.29, 1.82) is 0 Å². The summed E-state index contributed by atoms with van der Waals surface area (Å²) in [5, 5.41) is 6.23. The molecule has 0 unspecified atom stereocenters. The van der Waals surface area contributed by atoms with Crippen molar-refractivity contribution in [1.82, 2.24) is 4.90 Å². The van der Waals surface area contributed by atoms with Crippen LogP contribution in [0.5, 0.6) is 0 Å². The minimum atomic E-state index is -0.203. The van der Waals surface area contributed by atoms with Crippen LogP contribution in [0.25, 0.3) is 0 Å². The van der Waals surface area contributed by atoms with Crippen molar-refractivity contribution < 1.29 is 9.59 Å². The van der Waals surface area contributed by atoms with Gasteiger partial charge in [-0.3, -0.25) is 14.5 Å². The third kappa shape index (κ3) is 6.12. The van der Waals surface area contributed by atoms with Crippen molar-refractivity contribution in [3.63, 3.8) is 0 Å². The molecule has 0 heterocycles. The van der Waals surface area contributed by atoms with Gasteiger partial charge in [0.1, 0.15) is 0 Å². The Kier molecular flexibility index (Phi) is 7.20. The van der Waals surface area contributed by atoms with E-state index >= 15 is 0 Å². The van der Waals surface area contributed by atoms with Crippen LogP contribution in [0.1, 0.15) is 11.1 Å². The number of benzene rings is 2. The molecule has 0 atom stereocenters. The summed E-state index contributed by atoms with van der Waals surface area (Å²) in [6.45, 7) is 4.02. The SMILES string of the molecule is Cc1cc(Br)ccc1NC(=O)CN(C)CC(=O)Nc1cc(Cl)ccc1C. The van der Waals surface area contributed by atoms with Crippen LogP contribution in [-0.2, 0) is 9.59 Å². The Hall–Kier alpha value is -1.89. The molecule has 0 aliphatic carbocycles. The maximum Gasteiger partial charge on any atom is 0.238 e. The number of halogens is 2. The molecule has 2 rings (SSSR count). The molecule has 0 radical (unpaired) electrons. The van der Waals surface area contributed by atoms with Gasteiger partial charge in [-0.05, 0) is 62.4 Å². The van der Waals surface area contributed by atoms with Gasteiger partial charge in [0, 0.05) is 20.9 Å². The maximum atomic E-state index is 12.2. The number of anilines is 2. The van der Waals surface area contributed by atoms with Crippen molar-refractivity contribution in [2.45, 2.75) is 13.8 Å². The molecule has 138 valence electrons. The molecule has 7 heteroatoms. The fraction of sp³-hybridized carbons (Fsp3) is 0.263. The van der Waals surface area contributed by atoms with E-state index in [-0.39, 0.29) is 24.9 Å². The minimum absolute atomic E-state index is 0.0959. The van der Waals surface area contributed by atoms with E-state index in [1.54, 1.807) is 24.1 Å². The molecule has 5 nitrogen and oxygen atoms in total. The second kappa shape index (κ2) is 9.16. The van der Waals surface area contributed by atoms with E-state index in [9.17, 15) is 9.59 Å². The van der Waals surface area contributed by atoms with Crippen molar-refractivity contribution in [2.75, 3.05) is 30.8 Å². The number of hydrogen-bond acceptors (Lipinski definition) is 3. The number of hydrogen-bond donors (Lipinski definition) is 2. The number of nitrogens with one attached hydrogen (secondary N) is 2. The normalized spacial score (nSPS) is 10.7. The molecule has 2 aromatic carbocycles.